The molecule has 0 aliphatic carbocycles. The first-order valence-corrected chi connectivity index (χ1v) is 11.8. The standard InChI is InChI=1S/C22H24N4O5S/c27-21(10-9-20-24-18-7-3-2-6-17(18)22(28)25-20)23-15-16-5-1-4-8-19(16)32(29,30)26-11-13-31-14-12-26/h1-8H,9-15H2,(H,23,27)(H,24,25,28). The SMILES string of the molecule is O=C(CCc1nc2ccccc2c(=O)[nH]1)NCc1ccccc1S(=O)(=O)N1CCOCC1. The molecule has 9 nitrogen and oxygen atoms in total. The Balaban J connectivity index is 1.40. The van der Waals surface area contributed by atoms with Crippen LogP contribution in [0.25, 0.3) is 10.9 Å². The summed E-state index contributed by atoms with van der Waals surface area (Å²) >= 11 is 0. The molecule has 1 saturated heterocycles. The van der Waals surface area contributed by atoms with Crippen LogP contribution in [0.2, 0.25) is 0 Å². The Morgan fingerprint density at radius 1 is 1.09 bits per heavy atom. The van der Waals surface area contributed by atoms with Gasteiger partial charge in [0.2, 0.25) is 15.9 Å². The minimum atomic E-state index is -3.67. The van der Waals surface area contributed by atoms with E-state index in [2.05, 4.69) is 15.3 Å². The molecule has 168 valence electrons. The van der Waals surface area contributed by atoms with E-state index in [1.165, 1.54) is 4.31 Å². The molecule has 32 heavy (non-hydrogen) atoms. The number of aromatic amines is 1. The molecule has 1 aromatic heterocycles. The predicted octanol–water partition coefficient (Wildman–Crippen LogP) is 1.19. The van der Waals surface area contributed by atoms with Gasteiger partial charge >= 0.3 is 0 Å². The fraction of sp³-hybridized carbons (Fsp3) is 0.318. The number of H-pyrrole nitrogens is 1. The van der Waals surface area contributed by atoms with Crippen molar-refractivity contribution in [3.05, 3.63) is 70.3 Å². The van der Waals surface area contributed by atoms with Gasteiger partial charge in [0.05, 0.1) is 29.0 Å². The number of morpholine rings is 1. The Kier molecular flexibility index (Phi) is 6.63. The Morgan fingerprint density at radius 3 is 2.62 bits per heavy atom. The zero-order valence-corrected chi connectivity index (χ0v) is 18.2. The van der Waals surface area contributed by atoms with Crippen molar-refractivity contribution in [3.63, 3.8) is 0 Å². The summed E-state index contributed by atoms with van der Waals surface area (Å²) in [5.74, 6) is 0.165. The smallest absolute Gasteiger partial charge is 0.258 e. The number of rotatable bonds is 7. The van der Waals surface area contributed by atoms with E-state index in [9.17, 15) is 18.0 Å². The van der Waals surface area contributed by atoms with Gasteiger partial charge < -0.3 is 15.0 Å². The van der Waals surface area contributed by atoms with Gasteiger partial charge in [-0.1, -0.05) is 30.3 Å². The van der Waals surface area contributed by atoms with Crippen LogP contribution in [0.5, 0.6) is 0 Å². The number of aromatic nitrogens is 2. The summed E-state index contributed by atoms with van der Waals surface area (Å²) in [6.45, 7) is 1.42. The molecule has 0 spiro atoms. The Morgan fingerprint density at radius 2 is 1.81 bits per heavy atom. The van der Waals surface area contributed by atoms with Gasteiger partial charge in [-0.15, -0.1) is 0 Å². The lowest BCUT2D eigenvalue weighted by molar-refractivity contribution is -0.121. The summed E-state index contributed by atoms with van der Waals surface area (Å²) in [6.07, 6.45) is 0.374. The average molecular weight is 457 g/mol. The van der Waals surface area contributed by atoms with E-state index in [-0.39, 0.29) is 35.7 Å². The third kappa shape index (κ3) is 4.87. The van der Waals surface area contributed by atoms with E-state index < -0.39 is 10.0 Å². The molecule has 2 aromatic carbocycles. The fourth-order valence-corrected chi connectivity index (χ4v) is 5.23. The lowest BCUT2D eigenvalue weighted by atomic mass is 10.2. The summed E-state index contributed by atoms with van der Waals surface area (Å²) in [6, 6.07) is 13.7. The third-order valence-corrected chi connectivity index (χ3v) is 7.29. The highest BCUT2D eigenvalue weighted by molar-refractivity contribution is 7.89. The zero-order valence-electron chi connectivity index (χ0n) is 17.4. The van der Waals surface area contributed by atoms with Crippen LogP contribution in [0.1, 0.15) is 17.8 Å². The molecular weight excluding hydrogens is 432 g/mol. The molecule has 10 heteroatoms. The van der Waals surface area contributed by atoms with Crippen molar-refractivity contribution >= 4 is 26.8 Å². The van der Waals surface area contributed by atoms with Crippen molar-refractivity contribution in [2.75, 3.05) is 26.3 Å². The number of amides is 1. The normalized spacial score (nSPS) is 15.0. The zero-order chi connectivity index (χ0) is 22.6. The van der Waals surface area contributed by atoms with Crippen LogP contribution in [-0.2, 0) is 32.5 Å². The molecule has 1 fully saturated rings. The predicted molar refractivity (Wildman–Crippen MR) is 119 cm³/mol. The first-order chi connectivity index (χ1) is 15.4. The number of ether oxygens (including phenoxy) is 1. The summed E-state index contributed by atoms with van der Waals surface area (Å²) in [5.41, 5.74) is 0.853. The summed E-state index contributed by atoms with van der Waals surface area (Å²) in [4.78, 5) is 31.8. The van der Waals surface area contributed by atoms with Gasteiger partial charge in [0, 0.05) is 32.5 Å². The van der Waals surface area contributed by atoms with Crippen LogP contribution in [-0.4, -0.2) is 54.9 Å². The molecular formula is C22H24N4O5S. The van der Waals surface area contributed by atoms with Gasteiger partial charge in [-0.05, 0) is 23.8 Å². The fourth-order valence-electron chi connectivity index (χ4n) is 3.59. The van der Waals surface area contributed by atoms with Gasteiger partial charge in [0.15, 0.2) is 0 Å². The van der Waals surface area contributed by atoms with Crippen LogP contribution in [0.4, 0.5) is 0 Å². The molecule has 1 amide bonds. The minimum absolute atomic E-state index is 0.0836. The van der Waals surface area contributed by atoms with E-state index in [0.717, 1.165) is 0 Å². The van der Waals surface area contributed by atoms with Crippen molar-refractivity contribution in [3.8, 4) is 0 Å². The molecule has 3 aromatic rings. The minimum Gasteiger partial charge on any atom is -0.379 e. The molecule has 2 heterocycles. The maximum absolute atomic E-state index is 13.0. The van der Waals surface area contributed by atoms with Crippen molar-refractivity contribution in [2.45, 2.75) is 24.3 Å². The molecule has 1 aliphatic heterocycles. The van der Waals surface area contributed by atoms with E-state index in [1.807, 2.05) is 0 Å². The van der Waals surface area contributed by atoms with Gasteiger partial charge in [0.1, 0.15) is 5.82 Å². The van der Waals surface area contributed by atoms with Gasteiger partial charge in [-0.2, -0.15) is 4.31 Å². The monoisotopic (exact) mass is 456 g/mol. The number of fused-ring (bicyclic) bond motifs is 1. The second-order valence-electron chi connectivity index (χ2n) is 7.43. The first-order valence-electron chi connectivity index (χ1n) is 10.4. The van der Waals surface area contributed by atoms with Crippen LogP contribution in [0, 0.1) is 0 Å². The number of carbonyl (C=O) groups is 1. The highest BCUT2D eigenvalue weighted by Gasteiger charge is 2.28. The molecule has 2 N–H and O–H groups in total. The van der Waals surface area contributed by atoms with Crippen molar-refractivity contribution in [1.82, 2.24) is 19.6 Å². The van der Waals surface area contributed by atoms with Gasteiger partial charge in [-0.3, -0.25) is 9.59 Å². The van der Waals surface area contributed by atoms with E-state index in [0.29, 0.717) is 48.6 Å². The molecule has 0 saturated carbocycles. The van der Waals surface area contributed by atoms with E-state index in [1.54, 1.807) is 48.5 Å². The number of sulfonamides is 1. The highest BCUT2D eigenvalue weighted by atomic mass is 32.2. The number of carbonyl (C=O) groups excluding carboxylic acids is 1. The lowest BCUT2D eigenvalue weighted by Crippen LogP contribution is -2.41. The van der Waals surface area contributed by atoms with E-state index >= 15 is 0 Å². The summed E-state index contributed by atoms with van der Waals surface area (Å²) in [5, 5.41) is 3.27. The molecule has 0 unspecified atom stereocenters. The number of para-hydroxylation sites is 1. The quantitative estimate of drug-likeness (QED) is 0.551. The van der Waals surface area contributed by atoms with Crippen LogP contribution >= 0.6 is 0 Å². The second-order valence-corrected chi connectivity index (χ2v) is 9.34. The first kappa shape index (κ1) is 22.1. The summed E-state index contributed by atoms with van der Waals surface area (Å²) in [7, 11) is -3.67. The van der Waals surface area contributed by atoms with Crippen molar-refractivity contribution in [2.24, 2.45) is 0 Å². The largest absolute Gasteiger partial charge is 0.379 e. The Labute approximate surface area is 185 Å². The number of aryl methyl sites for hydroxylation is 1. The maximum Gasteiger partial charge on any atom is 0.258 e. The van der Waals surface area contributed by atoms with Gasteiger partial charge in [0.25, 0.3) is 5.56 Å². The Hall–Kier alpha value is -3.08. The number of nitrogens with one attached hydrogen (secondary N) is 2. The van der Waals surface area contributed by atoms with Crippen molar-refractivity contribution in [1.29, 1.82) is 0 Å². The Bertz CT molecular complexity index is 1280. The molecule has 0 radical (unpaired) electrons. The van der Waals surface area contributed by atoms with Gasteiger partial charge in [-0.25, -0.2) is 13.4 Å². The van der Waals surface area contributed by atoms with Crippen LogP contribution < -0.4 is 10.9 Å². The van der Waals surface area contributed by atoms with Crippen LogP contribution in [0.3, 0.4) is 0 Å². The topological polar surface area (TPSA) is 121 Å². The molecule has 4 rings (SSSR count). The molecule has 0 bridgehead atoms. The lowest BCUT2D eigenvalue weighted by Gasteiger charge is -2.27. The number of benzene rings is 2. The number of hydrogen-bond acceptors (Lipinski definition) is 6. The number of nitrogens with zero attached hydrogens (tertiary/aromatic N) is 2. The number of hydrogen-bond donors (Lipinski definition) is 2. The average Bonchev–Trinajstić information content (AvgIpc) is 2.82. The van der Waals surface area contributed by atoms with Crippen LogP contribution in [0.15, 0.2) is 58.2 Å². The molecule has 1 aliphatic rings. The highest BCUT2D eigenvalue weighted by Crippen LogP contribution is 2.21. The third-order valence-electron chi connectivity index (χ3n) is 5.29. The van der Waals surface area contributed by atoms with Crippen molar-refractivity contribution < 1.29 is 17.9 Å². The molecule has 0 atom stereocenters. The van der Waals surface area contributed by atoms with E-state index in [4.69, 9.17) is 4.74 Å². The maximum atomic E-state index is 13.0. The second kappa shape index (κ2) is 9.60. The summed E-state index contributed by atoms with van der Waals surface area (Å²) < 4.78 is 32.7.